The second kappa shape index (κ2) is 5.42. The standard InChI is InChI=1S/C8H15N3O/c1-4-11(5-2)8(12)10-7(3)6-9/h7H,4-5H2,1-3H3,(H,10,12). The molecule has 0 aliphatic heterocycles. The first-order valence-electron chi connectivity index (χ1n) is 4.10. The number of carbonyl (C=O) groups is 1. The Labute approximate surface area is 73.2 Å². The highest BCUT2D eigenvalue weighted by Crippen LogP contribution is 1.89. The van der Waals surface area contributed by atoms with Crippen molar-refractivity contribution >= 4 is 6.03 Å². The van der Waals surface area contributed by atoms with Crippen LogP contribution in [0.5, 0.6) is 0 Å². The zero-order valence-corrected chi connectivity index (χ0v) is 7.79. The van der Waals surface area contributed by atoms with Gasteiger partial charge in [0.1, 0.15) is 6.04 Å². The van der Waals surface area contributed by atoms with E-state index >= 15 is 0 Å². The zero-order valence-electron chi connectivity index (χ0n) is 7.79. The predicted octanol–water partition coefficient (Wildman–Crippen LogP) is 0.950. The first-order valence-corrected chi connectivity index (χ1v) is 4.10. The first-order chi connectivity index (χ1) is 5.65. The minimum absolute atomic E-state index is 0.172. The Hall–Kier alpha value is -1.24. The fourth-order valence-electron chi connectivity index (χ4n) is 0.820. The molecule has 12 heavy (non-hydrogen) atoms. The molecule has 4 heteroatoms. The lowest BCUT2D eigenvalue weighted by atomic mass is 10.4. The molecule has 0 aliphatic carbocycles. The molecule has 0 aromatic heterocycles. The summed E-state index contributed by atoms with van der Waals surface area (Å²) in [5.74, 6) is 0. The molecule has 1 atom stereocenters. The minimum Gasteiger partial charge on any atom is -0.325 e. The number of amides is 2. The van der Waals surface area contributed by atoms with Crippen LogP contribution >= 0.6 is 0 Å². The summed E-state index contributed by atoms with van der Waals surface area (Å²) in [4.78, 5) is 12.9. The number of nitrogens with zero attached hydrogens (tertiary/aromatic N) is 2. The molecule has 0 saturated carbocycles. The van der Waals surface area contributed by atoms with E-state index in [0.717, 1.165) is 0 Å². The second-order valence-electron chi connectivity index (χ2n) is 2.47. The molecular weight excluding hydrogens is 154 g/mol. The molecule has 0 bridgehead atoms. The molecule has 0 saturated heterocycles. The Morgan fingerprint density at radius 1 is 1.58 bits per heavy atom. The third-order valence-corrected chi connectivity index (χ3v) is 1.58. The van der Waals surface area contributed by atoms with E-state index in [4.69, 9.17) is 5.26 Å². The fourth-order valence-corrected chi connectivity index (χ4v) is 0.820. The van der Waals surface area contributed by atoms with Crippen LogP contribution < -0.4 is 5.32 Å². The van der Waals surface area contributed by atoms with Crippen molar-refractivity contribution < 1.29 is 4.79 Å². The molecule has 68 valence electrons. The predicted molar refractivity (Wildman–Crippen MR) is 46.5 cm³/mol. The maximum atomic E-state index is 11.2. The van der Waals surface area contributed by atoms with Gasteiger partial charge in [0.2, 0.25) is 0 Å². The van der Waals surface area contributed by atoms with E-state index in [9.17, 15) is 4.79 Å². The van der Waals surface area contributed by atoms with Gasteiger partial charge in [0.05, 0.1) is 6.07 Å². The molecule has 0 aliphatic rings. The van der Waals surface area contributed by atoms with E-state index in [-0.39, 0.29) is 6.03 Å². The van der Waals surface area contributed by atoms with Crippen LogP contribution in [0, 0.1) is 11.3 Å². The summed E-state index contributed by atoms with van der Waals surface area (Å²) in [6.07, 6.45) is 0. The molecule has 0 aromatic carbocycles. The molecule has 2 amide bonds. The minimum atomic E-state index is -0.418. The van der Waals surface area contributed by atoms with Gasteiger partial charge in [-0.3, -0.25) is 0 Å². The van der Waals surface area contributed by atoms with Crippen LogP contribution in [-0.4, -0.2) is 30.1 Å². The van der Waals surface area contributed by atoms with Crippen LogP contribution in [0.1, 0.15) is 20.8 Å². The molecule has 4 nitrogen and oxygen atoms in total. The summed E-state index contributed by atoms with van der Waals surface area (Å²) < 4.78 is 0. The van der Waals surface area contributed by atoms with Crippen LogP contribution in [0.15, 0.2) is 0 Å². The third-order valence-electron chi connectivity index (χ3n) is 1.58. The Morgan fingerprint density at radius 2 is 2.08 bits per heavy atom. The molecule has 0 rings (SSSR count). The number of hydrogen-bond acceptors (Lipinski definition) is 2. The zero-order chi connectivity index (χ0) is 9.56. The van der Waals surface area contributed by atoms with Crippen LogP contribution in [0.25, 0.3) is 0 Å². The monoisotopic (exact) mass is 169 g/mol. The quantitative estimate of drug-likeness (QED) is 0.683. The Balaban J connectivity index is 3.94. The van der Waals surface area contributed by atoms with Gasteiger partial charge in [-0.2, -0.15) is 5.26 Å². The van der Waals surface area contributed by atoms with E-state index in [1.165, 1.54) is 0 Å². The fraction of sp³-hybridized carbons (Fsp3) is 0.750. The normalized spacial score (nSPS) is 11.5. The number of urea groups is 1. The molecule has 0 fully saturated rings. The first kappa shape index (κ1) is 10.8. The smallest absolute Gasteiger partial charge is 0.318 e. The van der Waals surface area contributed by atoms with Gasteiger partial charge < -0.3 is 10.2 Å². The summed E-state index contributed by atoms with van der Waals surface area (Å²) in [5.41, 5.74) is 0. The number of nitriles is 1. The largest absolute Gasteiger partial charge is 0.325 e. The number of hydrogen-bond donors (Lipinski definition) is 1. The molecule has 1 N–H and O–H groups in total. The van der Waals surface area contributed by atoms with Gasteiger partial charge in [-0.25, -0.2) is 4.79 Å². The average Bonchev–Trinajstić information content (AvgIpc) is 2.06. The van der Waals surface area contributed by atoms with Gasteiger partial charge in [0, 0.05) is 13.1 Å². The van der Waals surface area contributed by atoms with E-state index < -0.39 is 6.04 Å². The topological polar surface area (TPSA) is 56.1 Å². The lowest BCUT2D eigenvalue weighted by molar-refractivity contribution is 0.202. The van der Waals surface area contributed by atoms with Gasteiger partial charge in [-0.05, 0) is 20.8 Å². The van der Waals surface area contributed by atoms with Gasteiger partial charge in [-0.1, -0.05) is 0 Å². The molecule has 0 radical (unpaired) electrons. The summed E-state index contributed by atoms with van der Waals surface area (Å²) in [7, 11) is 0. The van der Waals surface area contributed by atoms with E-state index in [2.05, 4.69) is 5.32 Å². The van der Waals surface area contributed by atoms with Crippen molar-refractivity contribution in [2.45, 2.75) is 26.8 Å². The van der Waals surface area contributed by atoms with Crippen LogP contribution in [0.4, 0.5) is 4.79 Å². The number of rotatable bonds is 3. The van der Waals surface area contributed by atoms with Crippen molar-refractivity contribution in [2.24, 2.45) is 0 Å². The van der Waals surface area contributed by atoms with E-state index in [0.29, 0.717) is 13.1 Å². The lowest BCUT2D eigenvalue weighted by Crippen LogP contribution is -2.43. The van der Waals surface area contributed by atoms with Crippen molar-refractivity contribution in [3.8, 4) is 6.07 Å². The van der Waals surface area contributed by atoms with Crippen molar-refractivity contribution in [3.05, 3.63) is 0 Å². The SMILES string of the molecule is CCN(CC)C(=O)NC(C)C#N. The van der Waals surface area contributed by atoms with Crippen molar-refractivity contribution in [3.63, 3.8) is 0 Å². The number of carbonyl (C=O) groups excluding carboxylic acids is 1. The highest BCUT2D eigenvalue weighted by molar-refractivity contribution is 5.74. The molecule has 1 unspecified atom stereocenters. The van der Waals surface area contributed by atoms with Crippen molar-refractivity contribution in [1.29, 1.82) is 5.26 Å². The summed E-state index contributed by atoms with van der Waals surface area (Å²) in [5, 5.41) is 11.0. The van der Waals surface area contributed by atoms with Gasteiger partial charge >= 0.3 is 6.03 Å². The van der Waals surface area contributed by atoms with Gasteiger partial charge in [-0.15, -0.1) is 0 Å². The maximum Gasteiger partial charge on any atom is 0.318 e. The highest BCUT2D eigenvalue weighted by Gasteiger charge is 2.10. The van der Waals surface area contributed by atoms with E-state index in [1.807, 2.05) is 19.9 Å². The van der Waals surface area contributed by atoms with Crippen molar-refractivity contribution in [2.75, 3.05) is 13.1 Å². The average molecular weight is 169 g/mol. The van der Waals surface area contributed by atoms with Crippen LogP contribution in [0.2, 0.25) is 0 Å². The Bertz CT molecular complexity index is 181. The number of nitrogens with one attached hydrogen (secondary N) is 1. The van der Waals surface area contributed by atoms with Crippen LogP contribution in [0.3, 0.4) is 0 Å². The molecule has 0 heterocycles. The Morgan fingerprint density at radius 3 is 2.42 bits per heavy atom. The molecule has 0 aromatic rings. The Kier molecular flexibility index (Phi) is 4.86. The van der Waals surface area contributed by atoms with Crippen LogP contribution in [-0.2, 0) is 0 Å². The molecule has 0 spiro atoms. The van der Waals surface area contributed by atoms with E-state index in [1.54, 1.807) is 11.8 Å². The summed E-state index contributed by atoms with van der Waals surface area (Å²) in [6, 6.07) is 1.35. The summed E-state index contributed by atoms with van der Waals surface area (Å²) in [6.45, 7) is 6.79. The maximum absolute atomic E-state index is 11.2. The molecular formula is C8H15N3O. The highest BCUT2D eigenvalue weighted by atomic mass is 16.2. The van der Waals surface area contributed by atoms with Crippen molar-refractivity contribution in [1.82, 2.24) is 10.2 Å². The summed E-state index contributed by atoms with van der Waals surface area (Å²) >= 11 is 0. The van der Waals surface area contributed by atoms with Gasteiger partial charge in [0.15, 0.2) is 0 Å². The van der Waals surface area contributed by atoms with Gasteiger partial charge in [0.25, 0.3) is 0 Å². The third kappa shape index (κ3) is 3.24. The lowest BCUT2D eigenvalue weighted by Gasteiger charge is -2.19. The second-order valence-corrected chi connectivity index (χ2v) is 2.47.